The number of ether oxygens (including phenoxy) is 1. The first kappa shape index (κ1) is 15.1. The van der Waals surface area contributed by atoms with Gasteiger partial charge in [0.15, 0.2) is 0 Å². The first-order valence-electron chi connectivity index (χ1n) is 6.78. The Balaban J connectivity index is 2.38. The number of hydrogen-bond donors (Lipinski definition) is 1. The van der Waals surface area contributed by atoms with Crippen molar-refractivity contribution in [2.45, 2.75) is 26.3 Å². The van der Waals surface area contributed by atoms with Crippen molar-refractivity contribution in [2.24, 2.45) is 0 Å². The van der Waals surface area contributed by atoms with Gasteiger partial charge >= 0.3 is 0 Å². The summed E-state index contributed by atoms with van der Waals surface area (Å²) in [5.41, 5.74) is 2.30. The van der Waals surface area contributed by atoms with E-state index in [0.29, 0.717) is 0 Å². The number of nitrogens with one attached hydrogen (secondary N) is 1. The fourth-order valence-corrected chi connectivity index (χ4v) is 2.77. The largest absolute Gasteiger partial charge is 0.497 e. The summed E-state index contributed by atoms with van der Waals surface area (Å²) < 4.78 is 11.9. The molecule has 0 aliphatic heterocycles. The summed E-state index contributed by atoms with van der Waals surface area (Å²) in [6.45, 7) is 5.16. The predicted molar refractivity (Wildman–Crippen MR) is 84.3 cm³/mol. The number of hydrogen-bond acceptors (Lipinski definition) is 3. The molecule has 3 nitrogen and oxygen atoms in total. The first-order valence-corrected chi connectivity index (χ1v) is 7.57. The highest BCUT2D eigenvalue weighted by Crippen LogP contribution is 2.33. The number of rotatable bonds is 6. The zero-order valence-corrected chi connectivity index (χ0v) is 13.7. The predicted octanol–water partition coefficient (Wildman–Crippen LogP) is 4.45. The van der Waals surface area contributed by atoms with Gasteiger partial charge in [0.25, 0.3) is 0 Å². The van der Waals surface area contributed by atoms with E-state index in [9.17, 15) is 0 Å². The second-order valence-corrected chi connectivity index (χ2v) is 5.60. The van der Waals surface area contributed by atoms with E-state index in [2.05, 4.69) is 41.2 Å². The average Bonchev–Trinajstić information content (AvgIpc) is 2.87. The quantitative estimate of drug-likeness (QED) is 0.845. The van der Waals surface area contributed by atoms with Crippen LogP contribution in [0.1, 0.15) is 36.3 Å². The highest BCUT2D eigenvalue weighted by Gasteiger charge is 2.21. The van der Waals surface area contributed by atoms with E-state index in [0.717, 1.165) is 40.1 Å². The summed E-state index contributed by atoms with van der Waals surface area (Å²) in [6, 6.07) is 8.06. The molecule has 108 valence electrons. The highest BCUT2D eigenvalue weighted by atomic mass is 79.9. The van der Waals surface area contributed by atoms with E-state index in [-0.39, 0.29) is 6.04 Å². The van der Waals surface area contributed by atoms with E-state index in [1.165, 1.54) is 0 Å². The van der Waals surface area contributed by atoms with Crippen LogP contribution in [0.3, 0.4) is 0 Å². The van der Waals surface area contributed by atoms with Gasteiger partial charge in [-0.15, -0.1) is 0 Å². The summed E-state index contributed by atoms with van der Waals surface area (Å²) in [5.74, 6) is 1.80. The zero-order valence-electron chi connectivity index (χ0n) is 12.1. The van der Waals surface area contributed by atoms with Crippen LogP contribution in [0.2, 0.25) is 0 Å². The van der Waals surface area contributed by atoms with Crippen molar-refractivity contribution in [1.29, 1.82) is 0 Å². The Hall–Kier alpha value is -1.26. The third-order valence-electron chi connectivity index (χ3n) is 3.28. The van der Waals surface area contributed by atoms with Gasteiger partial charge < -0.3 is 14.5 Å². The Kier molecular flexibility index (Phi) is 5.26. The van der Waals surface area contributed by atoms with Crippen molar-refractivity contribution < 1.29 is 9.15 Å². The molecule has 1 aromatic heterocycles. The molecular formula is C16H20BrNO2. The van der Waals surface area contributed by atoms with Gasteiger partial charge in [0.2, 0.25) is 0 Å². The van der Waals surface area contributed by atoms with Crippen LogP contribution in [0.25, 0.3) is 0 Å². The molecule has 0 saturated heterocycles. The number of benzene rings is 1. The zero-order chi connectivity index (χ0) is 14.5. The molecule has 0 spiro atoms. The van der Waals surface area contributed by atoms with E-state index < -0.39 is 0 Å². The smallest absolute Gasteiger partial charge is 0.128 e. The Morgan fingerprint density at radius 2 is 2.15 bits per heavy atom. The molecule has 1 unspecified atom stereocenters. The lowest BCUT2D eigenvalue weighted by atomic mass is 10.0. The Morgan fingerprint density at radius 1 is 1.35 bits per heavy atom. The molecule has 0 bridgehead atoms. The highest BCUT2D eigenvalue weighted by molar-refractivity contribution is 9.10. The van der Waals surface area contributed by atoms with Crippen molar-refractivity contribution in [3.05, 3.63) is 51.9 Å². The minimum atomic E-state index is 0.0465. The van der Waals surface area contributed by atoms with Gasteiger partial charge in [-0.2, -0.15) is 0 Å². The molecule has 1 aromatic carbocycles. The maximum atomic E-state index is 5.67. The fraction of sp³-hybridized carbons (Fsp3) is 0.375. The lowest BCUT2D eigenvalue weighted by molar-refractivity contribution is 0.413. The van der Waals surface area contributed by atoms with Gasteiger partial charge in [0, 0.05) is 4.47 Å². The van der Waals surface area contributed by atoms with E-state index in [1.807, 2.05) is 18.2 Å². The molecule has 0 saturated carbocycles. The van der Waals surface area contributed by atoms with Crippen LogP contribution in [0.4, 0.5) is 0 Å². The number of methoxy groups -OCH3 is 1. The fourth-order valence-electron chi connectivity index (χ4n) is 2.18. The van der Waals surface area contributed by atoms with E-state index in [1.54, 1.807) is 13.4 Å². The van der Waals surface area contributed by atoms with Crippen molar-refractivity contribution >= 4 is 15.9 Å². The molecule has 2 rings (SSSR count). The normalized spacial score (nSPS) is 12.4. The number of halogens is 1. The third-order valence-corrected chi connectivity index (χ3v) is 3.97. The summed E-state index contributed by atoms with van der Waals surface area (Å²) >= 11 is 3.63. The van der Waals surface area contributed by atoms with Crippen molar-refractivity contribution in [2.75, 3.05) is 13.7 Å². The summed E-state index contributed by atoms with van der Waals surface area (Å²) in [4.78, 5) is 0. The van der Waals surface area contributed by atoms with Crippen LogP contribution in [0.15, 0.2) is 39.4 Å². The molecule has 20 heavy (non-hydrogen) atoms. The third kappa shape index (κ3) is 3.25. The molecule has 0 aliphatic carbocycles. The van der Waals surface area contributed by atoms with Crippen molar-refractivity contribution in [3.63, 3.8) is 0 Å². The second kappa shape index (κ2) is 6.95. The van der Waals surface area contributed by atoms with Crippen molar-refractivity contribution in [3.8, 4) is 5.75 Å². The molecule has 4 heteroatoms. The summed E-state index contributed by atoms with van der Waals surface area (Å²) in [7, 11) is 1.67. The molecule has 1 atom stereocenters. The van der Waals surface area contributed by atoms with Gasteiger partial charge in [-0.05, 0) is 49.2 Å². The summed E-state index contributed by atoms with van der Waals surface area (Å²) in [5, 5.41) is 3.54. The molecule has 0 aliphatic rings. The van der Waals surface area contributed by atoms with Gasteiger partial charge in [-0.1, -0.05) is 28.9 Å². The van der Waals surface area contributed by atoms with E-state index in [4.69, 9.17) is 9.15 Å². The van der Waals surface area contributed by atoms with Gasteiger partial charge in [0.05, 0.1) is 19.4 Å². The molecule has 0 radical (unpaired) electrons. The maximum absolute atomic E-state index is 5.67. The Morgan fingerprint density at radius 3 is 2.70 bits per heavy atom. The van der Waals surface area contributed by atoms with Gasteiger partial charge in [-0.3, -0.25) is 0 Å². The van der Waals surface area contributed by atoms with Crippen LogP contribution in [-0.2, 0) is 0 Å². The lowest BCUT2D eigenvalue weighted by Crippen LogP contribution is -2.23. The standard InChI is InChI=1S/C16H20BrNO2/c1-4-8-18-15(16-11(2)7-9-20-16)13-6-5-12(19-3)10-14(13)17/h5-7,9-10,15,18H,4,8H2,1-3H3. The van der Waals surface area contributed by atoms with Crippen LogP contribution in [0, 0.1) is 6.92 Å². The molecule has 2 aromatic rings. The first-order chi connectivity index (χ1) is 9.67. The number of aryl methyl sites for hydroxylation is 1. The monoisotopic (exact) mass is 337 g/mol. The number of furan rings is 1. The molecule has 1 N–H and O–H groups in total. The SMILES string of the molecule is CCCNC(c1ccc(OC)cc1Br)c1occc1C. The van der Waals surface area contributed by atoms with Crippen molar-refractivity contribution in [1.82, 2.24) is 5.32 Å². The van der Waals surface area contributed by atoms with Crippen LogP contribution in [-0.4, -0.2) is 13.7 Å². The summed E-state index contributed by atoms with van der Waals surface area (Å²) in [6.07, 6.45) is 2.81. The topological polar surface area (TPSA) is 34.4 Å². The second-order valence-electron chi connectivity index (χ2n) is 4.74. The molecule has 0 amide bonds. The molecule has 1 heterocycles. The minimum Gasteiger partial charge on any atom is -0.497 e. The van der Waals surface area contributed by atoms with Gasteiger partial charge in [0.1, 0.15) is 11.5 Å². The van der Waals surface area contributed by atoms with Crippen LogP contribution >= 0.6 is 15.9 Å². The maximum Gasteiger partial charge on any atom is 0.128 e. The van der Waals surface area contributed by atoms with Crippen LogP contribution < -0.4 is 10.1 Å². The van der Waals surface area contributed by atoms with Crippen LogP contribution in [0.5, 0.6) is 5.75 Å². The lowest BCUT2D eigenvalue weighted by Gasteiger charge is -2.19. The van der Waals surface area contributed by atoms with Gasteiger partial charge in [-0.25, -0.2) is 0 Å². The molecule has 0 fully saturated rings. The minimum absolute atomic E-state index is 0.0465. The Labute approximate surface area is 128 Å². The Bertz CT molecular complexity index is 565. The molecular weight excluding hydrogens is 318 g/mol. The van der Waals surface area contributed by atoms with E-state index >= 15 is 0 Å². The average molecular weight is 338 g/mol.